The van der Waals surface area contributed by atoms with Gasteiger partial charge in [0.15, 0.2) is 5.96 Å². The fourth-order valence-corrected chi connectivity index (χ4v) is 4.21. The van der Waals surface area contributed by atoms with Gasteiger partial charge in [0, 0.05) is 71.6 Å². The van der Waals surface area contributed by atoms with Gasteiger partial charge < -0.3 is 25.2 Å². The van der Waals surface area contributed by atoms with Gasteiger partial charge in [-0.3, -0.25) is 9.89 Å². The molecule has 9 heteroatoms. The summed E-state index contributed by atoms with van der Waals surface area (Å²) in [7, 11) is 4.00. The van der Waals surface area contributed by atoms with Crippen molar-refractivity contribution in [2.75, 3.05) is 78.0 Å². The number of anilines is 1. The second-order valence-corrected chi connectivity index (χ2v) is 9.05. The molecule has 1 aromatic heterocycles. The summed E-state index contributed by atoms with van der Waals surface area (Å²) in [6, 6.07) is 4.79. The SMILES string of the molecule is CN=C(NCc1ccc(N2CCN(C)CC2)nc1)NCC(CC(C)C)N1CCOCC1.I. The number of likely N-dealkylation sites (N-methyl/N-ethyl adjacent to an activating group) is 1. The highest BCUT2D eigenvalue weighted by Gasteiger charge is 2.22. The molecule has 2 saturated heterocycles. The third-order valence-electron chi connectivity index (χ3n) is 6.13. The van der Waals surface area contributed by atoms with E-state index in [0.29, 0.717) is 18.5 Å². The summed E-state index contributed by atoms with van der Waals surface area (Å²) in [5.74, 6) is 2.57. The molecule has 0 aliphatic carbocycles. The highest BCUT2D eigenvalue weighted by molar-refractivity contribution is 14.0. The Morgan fingerprint density at radius 3 is 2.41 bits per heavy atom. The second-order valence-electron chi connectivity index (χ2n) is 9.05. The molecule has 1 unspecified atom stereocenters. The number of morpholine rings is 1. The molecule has 0 radical (unpaired) electrons. The number of aromatic nitrogens is 1. The zero-order valence-electron chi connectivity index (χ0n) is 20.2. The number of piperazine rings is 1. The number of nitrogens with zero attached hydrogens (tertiary/aromatic N) is 5. The molecule has 2 aliphatic heterocycles. The fraction of sp³-hybridized carbons (Fsp3) is 0.739. The van der Waals surface area contributed by atoms with Crippen LogP contribution in [-0.4, -0.2) is 99.9 Å². The number of pyridine rings is 1. The molecule has 1 aromatic rings. The number of aliphatic imine (C=N–C) groups is 1. The van der Waals surface area contributed by atoms with E-state index in [1.54, 1.807) is 0 Å². The summed E-state index contributed by atoms with van der Waals surface area (Å²) in [4.78, 5) is 16.4. The molecule has 0 aromatic carbocycles. The largest absolute Gasteiger partial charge is 0.379 e. The molecule has 2 fully saturated rings. The molecule has 3 heterocycles. The first-order valence-electron chi connectivity index (χ1n) is 11.7. The number of hydrogen-bond acceptors (Lipinski definition) is 6. The first-order valence-corrected chi connectivity index (χ1v) is 11.7. The summed E-state index contributed by atoms with van der Waals surface area (Å²) in [5, 5.41) is 6.97. The van der Waals surface area contributed by atoms with Crippen molar-refractivity contribution in [3.8, 4) is 0 Å². The number of rotatable bonds is 8. The number of halogens is 1. The Kier molecular flexibility index (Phi) is 12.0. The van der Waals surface area contributed by atoms with Gasteiger partial charge in [0.1, 0.15) is 5.82 Å². The predicted molar refractivity (Wildman–Crippen MR) is 143 cm³/mol. The van der Waals surface area contributed by atoms with Crippen LogP contribution in [0.2, 0.25) is 0 Å². The van der Waals surface area contributed by atoms with Crippen LogP contribution in [0.5, 0.6) is 0 Å². The first-order chi connectivity index (χ1) is 15.0. The van der Waals surface area contributed by atoms with Gasteiger partial charge >= 0.3 is 0 Å². The van der Waals surface area contributed by atoms with Crippen LogP contribution >= 0.6 is 24.0 Å². The van der Waals surface area contributed by atoms with E-state index >= 15 is 0 Å². The second kappa shape index (κ2) is 14.2. The van der Waals surface area contributed by atoms with Gasteiger partial charge in [-0.2, -0.15) is 0 Å². The summed E-state index contributed by atoms with van der Waals surface area (Å²) in [5.41, 5.74) is 1.16. The Bertz CT molecular complexity index is 671. The van der Waals surface area contributed by atoms with E-state index in [9.17, 15) is 0 Å². The molecule has 8 nitrogen and oxygen atoms in total. The minimum Gasteiger partial charge on any atom is -0.379 e. The minimum atomic E-state index is 0. The van der Waals surface area contributed by atoms with Gasteiger partial charge in [-0.05, 0) is 31.0 Å². The van der Waals surface area contributed by atoms with Crippen molar-refractivity contribution in [3.05, 3.63) is 23.9 Å². The Morgan fingerprint density at radius 1 is 1.09 bits per heavy atom. The Morgan fingerprint density at radius 2 is 1.81 bits per heavy atom. The van der Waals surface area contributed by atoms with Crippen LogP contribution in [0, 0.1) is 5.92 Å². The maximum absolute atomic E-state index is 5.53. The lowest BCUT2D eigenvalue weighted by Crippen LogP contribution is -2.51. The highest BCUT2D eigenvalue weighted by Crippen LogP contribution is 2.14. The van der Waals surface area contributed by atoms with Crippen molar-refractivity contribution in [3.63, 3.8) is 0 Å². The topological polar surface area (TPSA) is 68.3 Å². The Hall–Kier alpha value is -1.17. The number of ether oxygens (including phenoxy) is 1. The average Bonchev–Trinajstić information content (AvgIpc) is 2.79. The molecule has 1 atom stereocenters. The molecule has 182 valence electrons. The smallest absolute Gasteiger partial charge is 0.191 e. The van der Waals surface area contributed by atoms with E-state index in [1.807, 2.05) is 13.2 Å². The molecule has 2 aliphatic rings. The summed E-state index contributed by atoms with van der Waals surface area (Å²) in [6.07, 6.45) is 3.14. The number of hydrogen-bond donors (Lipinski definition) is 2. The molecule has 0 bridgehead atoms. The van der Waals surface area contributed by atoms with Crippen molar-refractivity contribution < 1.29 is 4.74 Å². The van der Waals surface area contributed by atoms with Gasteiger partial charge in [0.2, 0.25) is 0 Å². The summed E-state index contributed by atoms with van der Waals surface area (Å²) >= 11 is 0. The predicted octanol–water partition coefficient (Wildman–Crippen LogP) is 1.86. The van der Waals surface area contributed by atoms with E-state index in [1.165, 1.54) is 6.42 Å². The van der Waals surface area contributed by atoms with E-state index in [4.69, 9.17) is 4.74 Å². The third kappa shape index (κ3) is 8.64. The zero-order valence-corrected chi connectivity index (χ0v) is 22.5. The quantitative estimate of drug-likeness (QED) is 0.287. The molecule has 0 amide bonds. The van der Waals surface area contributed by atoms with E-state index in [-0.39, 0.29) is 24.0 Å². The lowest BCUT2D eigenvalue weighted by molar-refractivity contribution is 0.0132. The third-order valence-corrected chi connectivity index (χ3v) is 6.13. The van der Waals surface area contributed by atoms with Crippen LogP contribution in [-0.2, 0) is 11.3 Å². The van der Waals surface area contributed by atoms with Crippen molar-refractivity contribution in [2.24, 2.45) is 10.9 Å². The molecular weight excluding hydrogens is 517 g/mol. The van der Waals surface area contributed by atoms with Crippen molar-refractivity contribution in [1.29, 1.82) is 0 Å². The minimum absolute atomic E-state index is 0. The van der Waals surface area contributed by atoms with Crippen molar-refractivity contribution in [2.45, 2.75) is 32.9 Å². The van der Waals surface area contributed by atoms with Crippen LogP contribution in [0.25, 0.3) is 0 Å². The molecule has 0 saturated carbocycles. The molecule has 3 rings (SSSR count). The molecule has 32 heavy (non-hydrogen) atoms. The molecule has 0 spiro atoms. The van der Waals surface area contributed by atoms with Gasteiger partial charge in [-0.1, -0.05) is 19.9 Å². The van der Waals surface area contributed by atoms with Crippen LogP contribution in [0.1, 0.15) is 25.8 Å². The fourth-order valence-electron chi connectivity index (χ4n) is 4.21. The van der Waals surface area contributed by atoms with Crippen LogP contribution in [0.4, 0.5) is 5.82 Å². The standard InChI is InChI=1S/C23H41N7O.HI/c1-19(2)15-21(29-11-13-31-14-12-29)18-27-23(24-3)26-17-20-5-6-22(25-16-20)30-9-7-28(4)8-10-30;/h5-6,16,19,21H,7-15,17-18H2,1-4H3,(H2,24,26,27);1H. The zero-order chi connectivity index (χ0) is 22.1. The summed E-state index contributed by atoms with van der Waals surface area (Å²) in [6.45, 7) is 14.1. The van der Waals surface area contributed by atoms with Crippen molar-refractivity contribution >= 4 is 35.8 Å². The summed E-state index contributed by atoms with van der Waals surface area (Å²) < 4.78 is 5.53. The van der Waals surface area contributed by atoms with Crippen molar-refractivity contribution in [1.82, 2.24) is 25.4 Å². The van der Waals surface area contributed by atoms with Gasteiger partial charge in [0.25, 0.3) is 0 Å². The monoisotopic (exact) mass is 559 g/mol. The van der Waals surface area contributed by atoms with Crippen LogP contribution in [0.3, 0.4) is 0 Å². The Labute approximate surface area is 211 Å². The van der Waals surface area contributed by atoms with Gasteiger partial charge in [-0.25, -0.2) is 4.98 Å². The lowest BCUT2D eigenvalue weighted by atomic mass is 10.0. The van der Waals surface area contributed by atoms with Gasteiger partial charge in [0.05, 0.1) is 13.2 Å². The Balaban J connectivity index is 0.00000363. The van der Waals surface area contributed by atoms with Crippen LogP contribution < -0.4 is 15.5 Å². The maximum Gasteiger partial charge on any atom is 0.191 e. The molecular formula is C23H42IN7O. The maximum atomic E-state index is 5.53. The lowest BCUT2D eigenvalue weighted by Gasteiger charge is -2.35. The average molecular weight is 560 g/mol. The van der Waals surface area contributed by atoms with E-state index < -0.39 is 0 Å². The van der Waals surface area contributed by atoms with E-state index in [0.717, 1.165) is 76.4 Å². The van der Waals surface area contributed by atoms with Gasteiger partial charge in [-0.15, -0.1) is 24.0 Å². The first kappa shape index (κ1) is 27.1. The highest BCUT2D eigenvalue weighted by atomic mass is 127. The number of nitrogens with one attached hydrogen (secondary N) is 2. The molecule has 2 N–H and O–H groups in total. The van der Waals surface area contributed by atoms with Crippen LogP contribution in [0.15, 0.2) is 23.3 Å². The van der Waals surface area contributed by atoms with E-state index in [2.05, 4.69) is 68.3 Å². The normalized spacial score (nSPS) is 19.5. The number of guanidine groups is 1.